The molecule has 0 fully saturated rings. The molecule has 0 saturated heterocycles. The highest BCUT2D eigenvalue weighted by Gasteiger charge is 2.24. The van der Waals surface area contributed by atoms with E-state index < -0.39 is 0 Å². The van der Waals surface area contributed by atoms with E-state index in [1.165, 1.54) is 42.1 Å². The first kappa shape index (κ1) is 10.6. The van der Waals surface area contributed by atoms with Gasteiger partial charge < -0.3 is 9.88 Å². The van der Waals surface area contributed by atoms with Gasteiger partial charge in [0, 0.05) is 30.2 Å². The van der Waals surface area contributed by atoms with E-state index in [1.807, 2.05) is 0 Å². The molecule has 0 amide bonds. The first-order valence-corrected chi connectivity index (χ1v) is 7.20. The summed E-state index contributed by atoms with van der Waals surface area (Å²) in [6, 6.07) is 7.42. The molecule has 0 bridgehead atoms. The molecule has 1 aromatic heterocycles. The Morgan fingerprint density at radius 2 is 2.11 bits per heavy atom. The zero-order chi connectivity index (χ0) is 12.1. The maximum absolute atomic E-state index is 3.62. The summed E-state index contributed by atoms with van der Waals surface area (Å²) < 4.78 is 2.61. The summed E-state index contributed by atoms with van der Waals surface area (Å²) in [6.07, 6.45) is 5.28. The largest absolute Gasteiger partial charge is 0.342 e. The predicted molar refractivity (Wildman–Crippen MR) is 74.9 cm³/mol. The number of nitrogens with zero attached hydrogens (tertiary/aromatic N) is 1. The molecule has 1 aromatic carbocycles. The molecule has 2 heteroatoms. The molecule has 0 spiro atoms. The Balaban J connectivity index is 2.08. The number of rotatable bonds is 0. The molecule has 1 aliphatic carbocycles. The zero-order valence-corrected chi connectivity index (χ0v) is 11.0. The van der Waals surface area contributed by atoms with E-state index in [0.717, 1.165) is 13.1 Å². The maximum atomic E-state index is 3.62. The van der Waals surface area contributed by atoms with Crippen LogP contribution in [0, 0.1) is 0 Å². The van der Waals surface area contributed by atoms with Crippen molar-refractivity contribution in [3.05, 3.63) is 35.0 Å². The third-order valence-corrected chi connectivity index (χ3v) is 4.58. The number of hydrogen-bond acceptors (Lipinski definition) is 1. The van der Waals surface area contributed by atoms with E-state index in [4.69, 9.17) is 0 Å². The van der Waals surface area contributed by atoms with Crippen LogP contribution in [0.4, 0.5) is 0 Å². The van der Waals surface area contributed by atoms with Gasteiger partial charge in [-0.3, -0.25) is 0 Å². The standard InChI is InChI=1S/C16H20N2/c1-11-10-18-15-8-3-2-6-13(15)14-7-4-5-12(9-17-11)16(14)18/h4-5,7,11,17H,2-3,6,8-10H2,1H3/t11-/m0/s1. The third kappa shape index (κ3) is 1.39. The number of fused-ring (bicyclic) bond motifs is 3. The highest BCUT2D eigenvalue weighted by atomic mass is 15.1. The van der Waals surface area contributed by atoms with Crippen LogP contribution in [0.25, 0.3) is 10.9 Å². The molecule has 2 aliphatic rings. The van der Waals surface area contributed by atoms with Crippen molar-refractivity contribution in [1.29, 1.82) is 0 Å². The molecular weight excluding hydrogens is 220 g/mol. The molecule has 94 valence electrons. The summed E-state index contributed by atoms with van der Waals surface area (Å²) in [4.78, 5) is 0. The van der Waals surface area contributed by atoms with Crippen LogP contribution in [-0.4, -0.2) is 10.6 Å². The minimum absolute atomic E-state index is 0.569. The van der Waals surface area contributed by atoms with Gasteiger partial charge in [0.2, 0.25) is 0 Å². The van der Waals surface area contributed by atoms with Crippen molar-refractivity contribution < 1.29 is 0 Å². The van der Waals surface area contributed by atoms with E-state index in [9.17, 15) is 0 Å². The third-order valence-electron chi connectivity index (χ3n) is 4.58. The van der Waals surface area contributed by atoms with Gasteiger partial charge in [-0.1, -0.05) is 18.2 Å². The van der Waals surface area contributed by atoms with Gasteiger partial charge in [0.1, 0.15) is 0 Å². The van der Waals surface area contributed by atoms with Crippen molar-refractivity contribution in [3.63, 3.8) is 0 Å². The highest BCUT2D eigenvalue weighted by Crippen LogP contribution is 2.35. The Bertz CT molecular complexity index is 609. The van der Waals surface area contributed by atoms with E-state index in [0.29, 0.717) is 6.04 Å². The molecule has 0 unspecified atom stereocenters. The van der Waals surface area contributed by atoms with Crippen LogP contribution in [0.2, 0.25) is 0 Å². The smallest absolute Gasteiger partial charge is 0.0531 e. The second-order valence-corrected chi connectivity index (χ2v) is 5.84. The molecule has 1 N–H and O–H groups in total. The van der Waals surface area contributed by atoms with E-state index in [-0.39, 0.29) is 0 Å². The van der Waals surface area contributed by atoms with Crippen LogP contribution in [0.1, 0.15) is 36.6 Å². The van der Waals surface area contributed by atoms with Gasteiger partial charge in [-0.25, -0.2) is 0 Å². The van der Waals surface area contributed by atoms with Crippen LogP contribution in [0.3, 0.4) is 0 Å². The molecule has 0 saturated carbocycles. The number of hydrogen-bond donors (Lipinski definition) is 1. The molecule has 2 nitrogen and oxygen atoms in total. The number of benzene rings is 1. The predicted octanol–water partition coefficient (Wildman–Crippen LogP) is 3.01. The Hall–Kier alpha value is -1.28. The lowest BCUT2D eigenvalue weighted by molar-refractivity contribution is 0.484. The number of para-hydroxylation sites is 1. The van der Waals surface area contributed by atoms with Gasteiger partial charge in [-0.2, -0.15) is 0 Å². The van der Waals surface area contributed by atoms with Crippen LogP contribution >= 0.6 is 0 Å². The summed E-state index contributed by atoms with van der Waals surface area (Å²) >= 11 is 0. The first-order chi connectivity index (χ1) is 8.84. The van der Waals surface area contributed by atoms with Gasteiger partial charge in [0.15, 0.2) is 0 Å². The Kier molecular flexibility index (Phi) is 2.28. The van der Waals surface area contributed by atoms with Gasteiger partial charge in [-0.05, 0) is 43.7 Å². The lowest BCUT2D eigenvalue weighted by Gasteiger charge is -2.18. The van der Waals surface area contributed by atoms with Gasteiger partial charge in [0.05, 0.1) is 5.52 Å². The van der Waals surface area contributed by atoms with Crippen molar-refractivity contribution >= 4 is 10.9 Å². The molecule has 0 radical (unpaired) electrons. The molecule has 1 atom stereocenters. The molecule has 1 aliphatic heterocycles. The quantitative estimate of drug-likeness (QED) is 0.749. The first-order valence-electron chi connectivity index (χ1n) is 7.20. The summed E-state index contributed by atoms with van der Waals surface area (Å²) in [5, 5.41) is 5.15. The lowest BCUT2D eigenvalue weighted by atomic mass is 9.95. The molecular formula is C16H20N2. The van der Waals surface area contributed by atoms with E-state index in [2.05, 4.69) is 35.0 Å². The topological polar surface area (TPSA) is 17.0 Å². The average Bonchev–Trinajstić information content (AvgIpc) is 2.61. The number of nitrogens with one attached hydrogen (secondary N) is 1. The van der Waals surface area contributed by atoms with Crippen LogP contribution in [0.5, 0.6) is 0 Å². The van der Waals surface area contributed by atoms with Crippen LogP contribution < -0.4 is 5.32 Å². The fourth-order valence-corrected chi connectivity index (χ4v) is 3.73. The Labute approximate surface area is 108 Å². The second kappa shape index (κ2) is 3.86. The molecule has 4 rings (SSSR count). The summed E-state index contributed by atoms with van der Waals surface area (Å²) in [5.74, 6) is 0. The van der Waals surface area contributed by atoms with Crippen molar-refractivity contribution in [2.45, 2.75) is 51.7 Å². The van der Waals surface area contributed by atoms with Crippen molar-refractivity contribution in [3.8, 4) is 0 Å². The van der Waals surface area contributed by atoms with Gasteiger partial charge in [0.25, 0.3) is 0 Å². The number of aryl methyl sites for hydroxylation is 1. The molecule has 2 aromatic rings. The zero-order valence-electron chi connectivity index (χ0n) is 11.0. The Morgan fingerprint density at radius 1 is 1.22 bits per heavy atom. The van der Waals surface area contributed by atoms with Crippen LogP contribution in [0.15, 0.2) is 18.2 Å². The fourth-order valence-electron chi connectivity index (χ4n) is 3.73. The second-order valence-electron chi connectivity index (χ2n) is 5.84. The Morgan fingerprint density at radius 3 is 3.06 bits per heavy atom. The summed E-state index contributed by atoms with van der Waals surface area (Å²) in [7, 11) is 0. The number of aromatic nitrogens is 1. The SMILES string of the molecule is C[C@H]1Cn2c3c(c4cccc(c42)CN1)CCCC3. The lowest BCUT2D eigenvalue weighted by Crippen LogP contribution is -2.28. The normalized spacial score (nSPS) is 22.8. The van der Waals surface area contributed by atoms with E-state index >= 15 is 0 Å². The monoisotopic (exact) mass is 240 g/mol. The highest BCUT2D eigenvalue weighted by molar-refractivity contribution is 5.88. The fraction of sp³-hybridized carbons (Fsp3) is 0.500. The van der Waals surface area contributed by atoms with Crippen molar-refractivity contribution in [2.24, 2.45) is 0 Å². The minimum Gasteiger partial charge on any atom is -0.342 e. The summed E-state index contributed by atoms with van der Waals surface area (Å²) in [5.41, 5.74) is 6.26. The molecule has 18 heavy (non-hydrogen) atoms. The maximum Gasteiger partial charge on any atom is 0.0531 e. The minimum atomic E-state index is 0.569. The van der Waals surface area contributed by atoms with Crippen molar-refractivity contribution in [2.75, 3.05) is 0 Å². The van der Waals surface area contributed by atoms with Crippen LogP contribution in [-0.2, 0) is 25.9 Å². The van der Waals surface area contributed by atoms with Gasteiger partial charge in [-0.15, -0.1) is 0 Å². The van der Waals surface area contributed by atoms with Gasteiger partial charge >= 0.3 is 0 Å². The molecule has 2 heterocycles. The summed E-state index contributed by atoms with van der Waals surface area (Å²) in [6.45, 7) is 4.44. The average molecular weight is 240 g/mol. The van der Waals surface area contributed by atoms with Crippen molar-refractivity contribution in [1.82, 2.24) is 9.88 Å². The van der Waals surface area contributed by atoms with E-state index in [1.54, 1.807) is 11.3 Å².